The lowest BCUT2D eigenvalue weighted by Crippen LogP contribution is -2.48. The highest BCUT2D eigenvalue weighted by Gasteiger charge is 2.37. The second-order valence-corrected chi connectivity index (χ2v) is 38.7. The maximum absolute atomic E-state index is 12.0. The van der Waals surface area contributed by atoms with Crippen LogP contribution in [0, 0.1) is 17.8 Å². The van der Waals surface area contributed by atoms with E-state index >= 15 is 0 Å². The number of hydrogen-bond donors (Lipinski definition) is 5. The number of carboxylic acids is 3. The summed E-state index contributed by atoms with van der Waals surface area (Å²) >= 11 is 0. The van der Waals surface area contributed by atoms with Crippen LogP contribution in [0.5, 0.6) is 0 Å². The zero-order valence-corrected chi connectivity index (χ0v) is 84.4. The van der Waals surface area contributed by atoms with Crippen LogP contribution in [0.25, 0.3) is 0 Å². The topological polar surface area (TPSA) is 475 Å². The summed E-state index contributed by atoms with van der Waals surface area (Å²) in [7, 11) is 10.3. The molecule has 133 heavy (non-hydrogen) atoms. The summed E-state index contributed by atoms with van der Waals surface area (Å²) in [5.74, 6) is -3.31. The molecule has 7 N–H and O–H groups in total. The van der Waals surface area contributed by atoms with Crippen molar-refractivity contribution in [1.29, 1.82) is 0 Å². The van der Waals surface area contributed by atoms with Gasteiger partial charge in [0.1, 0.15) is 70.3 Å². The molecule has 3 radical (unpaired) electrons. The van der Waals surface area contributed by atoms with Crippen molar-refractivity contribution in [3.63, 3.8) is 0 Å². The van der Waals surface area contributed by atoms with Crippen LogP contribution in [-0.4, -0.2) is 325 Å². The number of carbonyl (C=O) groups excluding carboxylic acids is 9. The maximum Gasteiger partial charge on any atom is 0.414 e. The minimum Gasteiger partial charge on any atom is -0.502 e. The molecule has 763 valence electrons. The minimum absolute atomic E-state index is 0. The molecule has 0 aliphatic carbocycles. The molecule has 4 unspecified atom stereocenters. The third kappa shape index (κ3) is 61.8. The van der Waals surface area contributed by atoms with Crippen molar-refractivity contribution in [3.8, 4) is 0 Å². The van der Waals surface area contributed by atoms with Crippen LogP contribution in [0.4, 0.5) is 28.8 Å². The van der Waals surface area contributed by atoms with Crippen molar-refractivity contribution in [3.05, 3.63) is 59.6 Å². The van der Waals surface area contributed by atoms with Gasteiger partial charge in [-0.3, -0.25) is 34.0 Å². The Morgan fingerprint density at radius 3 is 1.11 bits per heavy atom. The third-order valence-electron chi connectivity index (χ3n) is 19.4. The average Bonchev–Trinajstić information content (AvgIpc) is 1.23. The van der Waals surface area contributed by atoms with E-state index in [1.807, 2.05) is 26.8 Å². The van der Waals surface area contributed by atoms with Gasteiger partial charge in [0.15, 0.2) is 0 Å². The molecule has 0 aromatic heterocycles. The predicted molar refractivity (Wildman–Crippen MR) is 500 cm³/mol. The molecule has 0 saturated carbocycles. The van der Waals surface area contributed by atoms with Crippen LogP contribution in [0.1, 0.15) is 253 Å². The first-order valence-corrected chi connectivity index (χ1v) is 45.5. The van der Waals surface area contributed by atoms with E-state index in [1.165, 1.54) is 89.4 Å². The van der Waals surface area contributed by atoms with E-state index in [4.69, 9.17) is 77.8 Å². The van der Waals surface area contributed by atoms with Crippen molar-refractivity contribution >= 4 is 81.0 Å². The Hall–Kier alpha value is -9.60. The predicted octanol–water partition coefficient (Wildman–Crippen LogP) is 14.2. The zero-order chi connectivity index (χ0) is 101. The molecule has 8 heterocycles. The fraction of sp³-hybridized carbons (Fsp3) is 0.766. The molecule has 8 aliphatic heterocycles. The number of aldehydes is 1. The summed E-state index contributed by atoms with van der Waals surface area (Å²) in [5, 5.41) is 27.9. The summed E-state index contributed by atoms with van der Waals surface area (Å²) in [4.78, 5) is 145. The van der Waals surface area contributed by atoms with Crippen molar-refractivity contribution in [1.82, 2.24) is 29.4 Å². The van der Waals surface area contributed by atoms with Crippen molar-refractivity contribution in [2.24, 2.45) is 29.2 Å². The van der Waals surface area contributed by atoms with Gasteiger partial charge in [0, 0.05) is 128 Å². The zero-order valence-electron chi connectivity index (χ0n) is 84.4. The Balaban J connectivity index is 0. The van der Waals surface area contributed by atoms with Gasteiger partial charge in [-0.05, 0) is 288 Å². The normalized spacial score (nSPS) is 18.4. The molecule has 39 heteroatoms. The first-order valence-electron chi connectivity index (χ1n) is 45.5. The molecule has 7 atom stereocenters. The summed E-state index contributed by atoms with van der Waals surface area (Å²) < 4.78 is 76.9. The number of amides is 7. The Morgan fingerprint density at radius 2 is 0.812 bits per heavy atom. The highest BCUT2D eigenvalue weighted by molar-refractivity contribution is 5.91. The van der Waals surface area contributed by atoms with Crippen LogP contribution in [0.2, 0.25) is 0 Å². The molecule has 4 fully saturated rings. The standard InChI is InChI=1S/C14H26N2O4.C14H28N2O3.C14H25NO5.C14H23NO5.C14H21NO5.C9H17NO4.C6H8O2.C5H8O.C4H8O.B/c1-14(2,3)20-13(18)16(4)11(12(15)17)8-10-6-5-7-19-9-10;1-14(2,3)19-13(17)16(4)12(9-15)8-11-6-5-7-18-10-11;3*1-14(2,3)20-13(18)15(4)11(12(16)17)8-10-6-5-7-19-9-10;1-9(2,3)14-8(12)10(4)6-7(11)13-5;7-4-6-2-1-3-8-5-6;1-2-4-6-5-3-1;1-2-4-5-3-1;/h10-11H,5-9H2,1-4H3,(H2,15,17);11-12H,5-10,15H2,1-4H3;10-11H,5-9H2,1-4H3,(H,16,17);9,11H,5-8H2,1-4H3,(H,16,17);8-9H,5-7H2,1-4H3,(H,16,17);6H2,1-5H3;4-5H,1-3H2;2,4H,1,3,5H2;1-4H2;/b;;;;11-8-;;;;;/t10?,11-;11?,12-;10?,11-;;;;;;;/m000......./s1. The number of ether oxygens (including phenoxy) is 15. The van der Waals surface area contributed by atoms with E-state index in [9.17, 15) is 72.9 Å². The smallest absolute Gasteiger partial charge is 0.414 e. The highest BCUT2D eigenvalue weighted by Crippen LogP contribution is 2.28. The number of primary amides is 1. The number of methoxy groups -OCH3 is 1. The summed E-state index contributed by atoms with van der Waals surface area (Å²) in [6.07, 6.45) is 25.6. The maximum atomic E-state index is 12.0. The molecule has 0 aromatic rings. The fourth-order valence-electron chi connectivity index (χ4n) is 12.5. The van der Waals surface area contributed by atoms with E-state index in [-0.39, 0.29) is 51.0 Å². The summed E-state index contributed by atoms with van der Waals surface area (Å²) in [6, 6.07) is -2.47. The Bertz CT molecular complexity index is 3520. The molecule has 0 bridgehead atoms. The largest absolute Gasteiger partial charge is 0.502 e. The second kappa shape index (κ2) is 65.2. The number of likely N-dealkylation sites (N-methyl/N-ethyl adjacent to an activating group) is 6. The quantitative estimate of drug-likeness (QED) is 0.0221. The molecule has 8 rings (SSSR count). The van der Waals surface area contributed by atoms with Gasteiger partial charge in [-0.2, -0.15) is 0 Å². The first-order chi connectivity index (χ1) is 61.3. The van der Waals surface area contributed by atoms with Crippen LogP contribution in [-0.2, 0) is 99.8 Å². The number of nitrogens with zero attached hydrogens (tertiary/aromatic N) is 6. The number of aliphatic carboxylic acids is 3. The molecule has 4 saturated heterocycles. The average molecular weight is 1900 g/mol. The van der Waals surface area contributed by atoms with Crippen LogP contribution in [0.15, 0.2) is 59.6 Å². The van der Waals surface area contributed by atoms with Gasteiger partial charge in [0.05, 0.1) is 58.6 Å². The Kier molecular flexibility index (Phi) is 61.5. The number of allylic oxidation sites excluding steroid dienone is 4. The van der Waals surface area contributed by atoms with Gasteiger partial charge in [-0.1, -0.05) is 0 Å². The molecule has 8 aliphatic rings. The first kappa shape index (κ1) is 125. The number of carbonyl (C=O) groups is 12. The second-order valence-electron chi connectivity index (χ2n) is 38.7. The van der Waals surface area contributed by atoms with Crippen LogP contribution >= 0.6 is 0 Å². The van der Waals surface area contributed by atoms with Gasteiger partial charge >= 0.3 is 60.4 Å². The lowest BCUT2D eigenvalue weighted by Gasteiger charge is -2.33. The Morgan fingerprint density at radius 1 is 0.444 bits per heavy atom. The van der Waals surface area contributed by atoms with Gasteiger partial charge in [0.2, 0.25) is 5.91 Å². The van der Waals surface area contributed by atoms with E-state index in [1.54, 1.807) is 135 Å². The van der Waals surface area contributed by atoms with Crippen LogP contribution in [0.3, 0.4) is 0 Å². The van der Waals surface area contributed by atoms with Gasteiger partial charge in [0.25, 0.3) is 0 Å². The monoisotopic (exact) mass is 1900 g/mol. The van der Waals surface area contributed by atoms with Gasteiger partial charge in [-0.25, -0.2) is 43.2 Å². The van der Waals surface area contributed by atoms with E-state index in [0.717, 1.165) is 174 Å². The number of nitrogens with two attached hydrogens (primary N) is 2. The van der Waals surface area contributed by atoms with E-state index < -0.39 is 112 Å². The molecule has 38 nitrogen and oxygen atoms in total. The lowest BCUT2D eigenvalue weighted by atomic mass is 9.93. The van der Waals surface area contributed by atoms with Gasteiger partial charge < -0.3 is 108 Å². The van der Waals surface area contributed by atoms with Crippen molar-refractivity contribution in [2.45, 2.75) is 311 Å². The van der Waals surface area contributed by atoms with Crippen molar-refractivity contribution in [2.75, 3.05) is 142 Å². The van der Waals surface area contributed by atoms with Gasteiger partial charge in [-0.15, -0.1) is 0 Å². The van der Waals surface area contributed by atoms with Crippen molar-refractivity contribution < 1.29 is 144 Å². The minimum atomic E-state index is -1.19. The number of rotatable bonds is 22. The number of esters is 1. The SMILES string of the molecule is C1=COCCC1.C1CCOC1.CN(C(=O)OC(C)(C)C)/C(=C\C1=COCCC1)C(=O)O.CN(C(=O)OC(C)(C)C)C(CC1=COCCC1)C(=O)O.CN(C(=O)OC(C)(C)C)[C@@H](CC1CCCOC1)C(=O)O.CN(C(=O)OC(C)(C)C)[C@@H](CC1CCCOC1)C(N)=O.CN(C(=O)OC(C)(C)C)[C@H](CN)CC1CCCOC1.COC(=O)CN(C)C(=O)OC(C)(C)C.O=CC1=COCCC1.[B]. The summed E-state index contributed by atoms with van der Waals surface area (Å²) in [5.41, 5.74) is 9.91. The lowest BCUT2D eigenvalue weighted by molar-refractivity contribution is -0.144. The molecule has 7 amide bonds. The molecule has 0 aromatic carbocycles. The van der Waals surface area contributed by atoms with Crippen LogP contribution < -0.4 is 11.5 Å². The number of hydrogen-bond acceptors (Lipinski definition) is 28. The van der Waals surface area contributed by atoms with E-state index in [0.29, 0.717) is 51.7 Å². The third-order valence-corrected chi connectivity index (χ3v) is 19.4. The Labute approximate surface area is 792 Å². The highest BCUT2D eigenvalue weighted by atomic mass is 16.6. The fourth-order valence-corrected chi connectivity index (χ4v) is 12.5. The summed E-state index contributed by atoms with van der Waals surface area (Å²) in [6.45, 7) is 41.5. The molecular formula is C94H164BN8O30. The molecular weight excluding hydrogens is 1730 g/mol. The van der Waals surface area contributed by atoms with E-state index in [2.05, 4.69) is 4.74 Å². The number of carboxylic acid groups (broad SMARTS) is 3. The molecule has 0 spiro atoms.